The van der Waals surface area contributed by atoms with Crippen LogP contribution in [0.5, 0.6) is 0 Å². The molecule has 0 fully saturated rings. The van der Waals surface area contributed by atoms with Crippen LogP contribution < -0.4 is 5.32 Å². The van der Waals surface area contributed by atoms with E-state index in [0.717, 1.165) is 71.1 Å². The van der Waals surface area contributed by atoms with E-state index in [2.05, 4.69) is 5.32 Å². The highest BCUT2D eigenvalue weighted by molar-refractivity contribution is 6.06. The van der Waals surface area contributed by atoms with Crippen LogP contribution in [-0.2, 0) is 22.4 Å². The maximum atomic E-state index is 13.2. The molecule has 5 nitrogen and oxygen atoms in total. The van der Waals surface area contributed by atoms with Crippen molar-refractivity contribution in [3.05, 3.63) is 70.4 Å². The van der Waals surface area contributed by atoms with Crippen LogP contribution in [-0.4, -0.2) is 23.5 Å². The Labute approximate surface area is 182 Å². The molecule has 3 aromatic rings. The topological polar surface area (TPSA) is 68.3 Å². The molecule has 1 aromatic heterocycles. The van der Waals surface area contributed by atoms with Gasteiger partial charge in [0.05, 0.1) is 11.1 Å². The molecule has 160 valence electrons. The number of fused-ring (bicyclic) bond motifs is 2. The van der Waals surface area contributed by atoms with E-state index in [4.69, 9.17) is 9.72 Å². The molecule has 2 aromatic carbocycles. The van der Waals surface area contributed by atoms with Gasteiger partial charge in [0.2, 0.25) is 0 Å². The molecule has 4 rings (SSSR count). The number of aryl methyl sites for hydroxylation is 3. The first-order valence-corrected chi connectivity index (χ1v) is 11.0. The van der Waals surface area contributed by atoms with Crippen molar-refractivity contribution in [1.29, 1.82) is 0 Å². The predicted molar refractivity (Wildman–Crippen MR) is 122 cm³/mol. The van der Waals surface area contributed by atoms with Gasteiger partial charge in [-0.1, -0.05) is 48.7 Å². The predicted octanol–water partition coefficient (Wildman–Crippen LogP) is 5.31. The number of carbonyl (C=O) groups excluding carboxylic acids is 2. The number of nitrogens with one attached hydrogen (secondary N) is 1. The molecule has 1 amide bonds. The van der Waals surface area contributed by atoms with E-state index in [1.54, 1.807) is 0 Å². The van der Waals surface area contributed by atoms with Crippen LogP contribution in [0.3, 0.4) is 0 Å². The number of anilines is 1. The summed E-state index contributed by atoms with van der Waals surface area (Å²) in [6.45, 7) is 3.62. The van der Waals surface area contributed by atoms with E-state index in [-0.39, 0.29) is 12.5 Å². The minimum atomic E-state index is -0.453. The van der Waals surface area contributed by atoms with Gasteiger partial charge in [-0.2, -0.15) is 0 Å². The van der Waals surface area contributed by atoms with Crippen molar-refractivity contribution in [3.8, 4) is 0 Å². The van der Waals surface area contributed by atoms with Gasteiger partial charge in [-0.25, -0.2) is 4.79 Å². The van der Waals surface area contributed by atoms with Crippen LogP contribution in [0.2, 0.25) is 0 Å². The van der Waals surface area contributed by atoms with Crippen LogP contribution >= 0.6 is 0 Å². The average molecular weight is 417 g/mol. The van der Waals surface area contributed by atoms with Crippen molar-refractivity contribution >= 4 is 28.5 Å². The van der Waals surface area contributed by atoms with Crippen molar-refractivity contribution in [2.45, 2.75) is 52.4 Å². The summed E-state index contributed by atoms with van der Waals surface area (Å²) >= 11 is 0. The normalized spacial score (nSPS) is 13.7. The van der Waals surface area contributed by atoms with Crippen molar-refractivity contribution in [2.24, 2.45) is 0 Å². The molecule has 31 heavy (non-hydrogen) atoms. The van der Waals surface area contributed by atoms with Crippen molar-refractivity contribution in [2.75, 3.05) is 11.9 Å². The Morgan fingerprint density at radius 2 is 1.77 bits per heavy atom. The molecule has 1 aliphatic rings. The highest BCUT2D eigenvalue weighted by atomic mass is 16.5. The van der Waals surface area contributed by atoms with Gasteiger partial charge in [0.25, 0.3) is 5.91 Å². The molecule has 0 radical (unpaired) electrons. The van der Waals surface area contributed by atoms with Crippen LogP contribution in [0, 0.1) is 13.8 Å². The van der Waals surface area contributed by atoms with Crippen molar-refractivity contribution < 1.29 is 14.3 Å². The number of esters is 1. The third kappa shape index (κ3) is 4.76. The van der Waals surface area contributed by atoms with E-state index in [0.29, 0.717) is 5.56 Å². The Morgan fingerprint density at radius 3 is 2.58 bits per heavy atom. The van der Waals surface area contributed by atoms with E-state index in [1.165, 1.54) is 6.42 Å². The smallest absolute Gasteiger partial charge is 0.339 e. The Balaban J connectivity index is 1.57. The fourth-order valence-electron chi connectivity index (χ4n) is 4.30. The van der Waals surface area contributed by atoms with Gasteiger partial charge >= 0.3 is 5.97 Å². The molecule has 0 atom stereocenters. The Kier molecular flexibility index (Phi) is 6.31. The molecular weight excluding hydrogens is 388 g/mol. The summed E-state index contributed by atoms with van der Waals surface area (Å²) in [6.07, 6.45) is 6.12. The summed E-state index contributed by atoms with van der Waals surface area (Å²) in [4.78, 5) is 30.4. The van der Waals surface area contributed by atoms with Gasteiger partial charge in [0, 0.05) is 16.8 Å². The molecule has 1 heterocycles. The SMILES string of the molecule is Cc1ccc(NC(=O)COC(=O)c2c3c(nc4ccccc24)CCCCCC3)c(C)c1. The zero-order valence-electron chi connectivity index (χ0n) is 18.2. The number of ether oxygens (including phenoxy) is 1. The van der Waals surface area contributed by atoms with Crippen LogP contribution in [0.25, 0.3) is 10.9 Å². The monoisotopic (exact) mass is 416 g/mol. The maximum Gasteiger partial charge on any atom is 0.339 e. The molecule has 1 N–H and O–H groups in total. The molecule has 0 bridgehead atoms. The summed E-state index contributed by atoms with van der Waals surface area (Å²) < 4.78 is 5.49. The van der Waals surface area contributed by atoms with Crippen molar-refractivity contribution in [1.82, 2.24) is 4.98 Å². The fraction of sp³-hybridized carbons (Fsp3) is 0.346. The number of carbonyl (C=O) groups is 2. The lowest BCUT2D eigenvalue weighted by Crippen LogP contribution is -2.22. The number of aromatic nitrogens is 1. The lowest BCUT2D eigenvalue weighted by molar-refractivity contribution is -0.119. The molecule has 0 spiro atoms. The van der Waals surface area contributed by atoms with Gasteiger partial charge in [0.15, 0.2) is 6.61 Å². The number of nitrogens with zero attached hydrogens (tertiary/aromatic N) is 1. The summed E-state index contributed by atoms with van der Waals surface area (Å²) in [5, 5.41) is 3.63. The van der Waals surface area contributed by atoms with Crippen LogP contribution in [0.4, 0.5) is 5.69 Å². The maximum absolute atomic E-state index is 13.2. The Hall–Kier alpha value is -3.21. The summed E-state index contributed by atoms with van der Waals surface area (Å²) in [5.74, 6) is -0.798. The second-order valence-corrected chi connectivity index (χ2v) is 8.29. The lowest BCUT2D eigenvalue weighted by atomic mass is 9.91. The van der Waals surface area contributed by atoms with Gasteiger partial charge < -0.3 is 10.1 Å². The number of benzene rings is 2. The van der Waals surface area contributed by atoms with Crippen molar-refractivity contribution in [3.63, 3.8) is 0 Å². The molecular formula is C26H28N2O3. The average Bonchev–Trinajstić information content (AvgIpc) is 2.74. The van der Waals surface area contributed by atoms with E-state index < -0.39 is 5.97 Å². The van der Waals surface area contributed by atoms with Gasteiger partial charge in [-0.15, -0.1) is 0 Å². The fourth-order valence-corrected chi connectivity index (χ4v) is 4.30. The first kappa shape index (κ1) is 21.0. The zero-order valence-corrected chi connectivity index (χ0v) is 18.2. The number of amides is 1. The molecule has 1 aliphatic carbocycles. The third-order valence-corrected chi connectivity index (χ3v) is 5.86. The van der Waals surface area contributed by atoms with Gasteiger partial charge in [-0.3, -0.25) is 9.78 Å². The summed E-state index contributed by atoms with van der Waals surface area (Å²) in [5.41, 5.74) is 6.17. The highest BCUT2D eigenvalue weighted by Crippen LogP contribution is 2.29. The van der Waals surface area contributed by atoms with E-state index >= 15 is 0 Å². The van der Waals surface area contributed by atoms with Crippen LogP contribution in [0.15, 0.2) is 42.5 Å². The Bertz CT molecular complexity index is 1140. The largest absolute Gasteiger partial charge is 0.452 e. The highest BCUT2D eigenvalue weighted by Gasteiger charge is 2.23. The number of rotatable bonds is 4. The summed E-state index contributed by atoms with van der Waals surface area (Å²) in [6, 6.07) is 13.5. The molecule has 0 saturated heterocycles. The van der Waals surface area contributed by atoms with E-state index in [9.17, 15) is 9.59 Å². The second kappa shape index (κ2) is 9.29. The quantitative estimate of drug-likeness (QED) is 0.586. The van der Waals surface area contributed by atoms with E-state index in [1.807, 2.05) is 56.3 Å². The standard InChI is InChI=1S/C26H28N2O3/c1-17-13-14-21(18(2)15-17)28-24(29)16-31-26(30)25-19-9-5-3-4-6-11-22(19)27-23-12-8-7-10-20(23)25/h7-8,10,12-15H,3-6,9,11,16H2,1-2H3,(H,28,29). The number of para-hydroxylation sites is 1. The van der Waals surface area contributed by atoms with Gasteiger partial charge in [0.1, 0.15) is 0 Å². The third-order valence-electron chi connectivity index (χ3n) is 5.86. The Morgan fingerprint density at radius 1 is 1.00 bits per heavy atom. The first-order chi connectivity index (χ1) is 15.0. The number of hydrogen-bond donors (Lipinski definition) is 1. The van der Waals surface area contributed by atoms with Crippen LogP contribution in [0.1, 0.15) is 58.4 Å². The van der Waals surface area contributed by atoms with Gasteiger partial charge in [-0.05, 0) is 62.8 Å². The minimum absolute atomic E-state index is 0.322. The number of hydrogen-bond acceptors (Lipinski definition) is 4. The summed E-state index contributed by atoms with van der Waals surface area (Å²) in [7, 11) is 0. The molecule has 5 heteroatoms. The number of pyridine rings is 1. The zero-order chi connectivity index (χ0) is 21.8. The first-order valence-electron chi connectivity index (χ1n) is 11.0. The molecule has 0 unspecified atom stereocenters. The molecule has 0 saturated carbocycles. The molecule has 0 aliphatic heterocycles. The minimum Gasteiger partial charge on any atom is -0.452 e. The lowest BCUT2D eigenvalue weighted by Gasteiger charge is -2.18. The second-order valence-electron chi connectivity index (χ2n) is 8.29.